The molecule has 1 aromatic rings. The van der Waals surface area contributed by atoms with E-state index in [0.29, 0.717) is 17.0 Å². The summed E-state index contributed by atoms with van der Waals surface area (Å²) in [6.07, 6.45) is 2.10. The van der Waals surface area contributed by atoms with Crippen LogP contribution in [-0.2, 0) is 22.4 Å². The Morgan fingerprint density at radius 3 is 2.37 bits per heavy atom. The fourth-order valence-electron chi connectivity index (χ4n) is 2.20. The van der Waals surface area contributed by atoms with Gasteiger partial charge in [0.15, 0.2) is 0 Å². The molecular formula is C12H13N3O4. The predicted octanol–water partition coefficient (Wildman–Crippen LogP) is -0.559. The van der Waals surface area contributed by atoms with Gasteiger partial charge in [0, 0.05) is 37.2 Å². The molecule has 1 aromatic heterocycles. The Labute approximate surface area is 108 Å². The zero-order valence-corrected chi connectivity index (χ0v) is 10.6. The van der Waals surface area contributed by atoms with Crippen molar-refractivity contribution in [3.05, 3.63) is 43.9 Å². The number of rotatable bonds is 1. The van der Waals surface area contributed by atoms with Gasteiger partial charge in [-0.15, -0.1) is 0 Å². The van der Waals surface area contributed by atoms with Crippen LogP contribution in [0, 0.1) is 0 Å². The summed E-state index contributed by atoms with van der Waals surface area (Å²) in [6.45, 7) is 2.58. The second-order valence-electron chi connectivity index (χ2n) is 4.32. The average molecular weight is 263 g/mol. The number of hydrogen-bond acceptors (Lipinski definition) is 4. The van der Waals surface area contributed by atoms with Crippen LogP contribution in [0.25, 0.3) is 0 Å². The Morgan fingerprint density at radius 2 is 1.79 bits per heavy atom. The van der Waals surface area contributed by atoms with Crippen molar-refractivity contribution in [2.75, 3.05) is 0 Å². The molecule has 0 bridgehead atoms. The number of amides is 2. The molecule has 0 saturated carbocycles. The molecule has 1 heterocycles. The first-order chi connectivity index (χ1) is 8.90. The van der Waals surface area contributed by atoms with Gasteiger partial charge in [-0.2, -0.15) is 0 Å². The van der Waals surface area contributed by atoms with Crippen molar-refractivity contribution in [2.24, 2.45) is 0 Å². The van der Waals surface area contributed by atoms with Gasteiger partial charge < -0.3 is 4.98 Å². The third kappa shape index (κ3) is 2.40. The Balaban J connectivity index is 2.43. The Hall–Kier alpha value is -2.44. The molecule has 2 N–H and O–H groups in total. The van der Waals surface area contributed by atoms with Gasteiger partial charge in [-0.05, 0) is 6.42 Å². The molecule has 0 aromatic carbocycles. The van der Waals surface area contributed by atoms with Gasteiger partial charge in [-0.3, -0.25) is 24.3 Å². The van der Waals surface area contributed by atoms with Crippen molar-refractivity contribution in [2.45, 2.75) is 26.7 Å². The quantitative estimate of drug-likeness (QED) is 0.708. The number of nitrogens with one attached hydrogen (secondary N) is 2. The predicted molar refractivity (Wildman–Crippen MR) is 66.4 cm³/mol. The molecule has 7 heteroatoms. The van der Waals surface area contributed by atoms with Gasteiger partial charge in [-0.25, -0.2) is 4.79 Å². The van der Waals surface area contributed by atoms with Crippen LogP contribution >= 0.6 is 0 Å². The molecule has 100 valence electrons. The lowest BCUT2D eigenvalue weighted by Gasteiger charge is -2.24. The third-order valence-electron chi connectivity index (χ3n) is 2.95. The third-order valence-corrected chi connectivity index (χ3v) is 2.95. The van der Waals surface area contributed by atoms with Crippen molar-refractivity contribution < 1.29 is 9.59 Å². The molecule has 7 nitrogen and oxygen atoms in total. The van der Waals surface area contributed by atoms with Crippen LogP contribution in [0.3, 0.4) is 0 Å². The molecule has 0 saturated heterocycles. The molecule has 0 unspecified atom stereocenters. The van der Waals surface area contributed by atoms with E-state index in [9.17, 15) is 19.2 Å². The molecule has 0 spiro atoms. The highest BCUT2D eigenvalue weighted by atomic mass is 16.2. The number of aromatic nitrogens is 2. The molecule has 2 amide bonds. The highest BCUT2D eigenvalue weighted by Gasteiger charge is 2.24. The topological polar surface area (TPSA) is 103 Å². The van der Waals surface area contributed by atoms with Crippen molar-refractivity contribution in [3.8, 4) is 0 Å². The van der Waals surface area contributed by atoms with Gasteiger partial charge in [-0.1, -0.05) is 6.08 Å². The van der Waals surface area contributed by atoms with Gasteiger partial charge in [0.2, 0.25) is 11.8 Å². The Morgan fingerprint density at radius 1 is 1.16 bits per heavy atom. The SMILES string of the molecule is CC(=O)N(C(C)=O)C1=CCc2c([nH]c(=O)[nH]c2=O)C1. The lowest BCUT2D eigenvalue weighted by Crippen LogP contribution is -2.37. The highest BCUT2D eigenvalue weighted by molar-refractivity contribution is 5.95. The minimum absolute atomic E-state index is 0.174. The summed E-state index contributed by atoms with van der Waals surface area (Å²) in [4.78, 5) is 51.4. The van der Waals surface area contributed by atoms with E-state index in [-0.39, 0.29) is 12.8 Å². The normalized spacial score (nSPS) is 13.5. The summed E-state index contributed by atoms with van der Waals surface area (Å²) in [5.41, 5.74) is 0.344. The summed E-state index contributed by atoms with van der Waals surface area (Å²) in [7, 11) is 0. The molecule has 0 atom stereocenters. The van der Waals surface area contributed by atoms with E-state index in [4.69, 9.17) is 0 Å². The molecule has 0 radical (unpaired) electrons. The summed E-state index contributed by atoms with van der Waals surface area (Å²) in [5, 5.41) is 0. The van der Waals surface area contributed by atoms with Crippen molar-refractivity contribution in [1.82, 2.24) is 14.9 Å². The van der Waals surface area contributed by atoms with Crippen LogP contribution in [0.15, 0.2) is 21.4 Å². The van der Waals surface area contributed by atoms with E-state index in [1.165, 1.54) is 13.8 Å². The number of carbonyl (C=O) groups excluding carboxylic acids is 2. The van der Waals surface area contributed by atoms with E-state index >= 15 is 0 Å². The van der Waals surface area contributed by atoms with Gasteiger partial charge in [0.25, 0.3) is 5.56 Å². The number of aromatic amines is 2. The van der Waals surface area contributed by atoms with Crippen molar-refractivity contribution >= 4 is 11.8 Å². The fraction of sp³-hybridized carbons (Fsp3) is 0.333. The largest absolute Gasteiger partial charge is 0.325 e. The Kier molecular flexibility index (Phi) is 3.20. The number of carbonyl (C=O) groups is 2. The lowest BCUT2D eigenvalue weighted by molar-refractivity contribution is -0.139. The molecule has 0 aliphatic heterocycles. The van der Waals surface area contributed by atoms with E-state index in [2.05, 4.69) is 9.97 Å². The highest BCUT2D eigenvalue weighted by Crippen LogP contribution is 2.19. The lowest BCUT2D eigenvalue weighted by atomic mass is 10.00. The maximum atomic E-state index is 11.6. The van der Waals surface area contributed by atoms with E-state index in [1.807, 2.05) is 0 Å². The second kappa shape index (κ2) is 4.68. The maximum absolute atomic E-state index is 11.6. The second-order valence-corrected chi connectivity index (χ2v) is 4.32. The minimum Gasteiger partial charge on any atom is -0.311 e. The number of nitrogens with zero attached hydrogens (tertiary/aromatic N) is 1. The maximum Gasteiger partial charge on any atom is 0.325 e. The molecule has 1 aliphatic carbocycles. The van der Waals surface area contributed by atoms with Crippen LogP contribution in [0.1, 0.15) is 25.1 Å². The van der Waals surface area contributed by atoms with Crippen LogP contribution in [0.4, 0.5) is 0 Å². The molecule has 2 rings (SSSR count). The zero-order valence-electron chi connectivity index (χ0n) is 10.6. The fourth-order valence-corrected chi connectivity index (χ4v) is 2.20. The van der Waals surface area contributed by atoms with Gasteiger partial charge >= 0.3 is 5.69 Å². The van der Waals surface area contributed by atoms with E-state index in [1.54, 1.807) is 6.08 Å². The van der Waals surface area contributed by atoms with Crippen LogP contribution < -0.4 is 11.2 Å². The van der Waals surface area contributed by atoms with Crippen molar-refractivity contribution in [3.63, 3.8) is 0 Å². The minimum atomic E-state index is -0.595. The first-order valence-corrected chi connectivity index (χ1v) is 5.74. The Bertz CT molecular complexity index is 682. The smallest absolute Gasteiger partial charge is 0.311 e. The van der Waals surface area contributed by atoms with Crippen LogP contribution in [0.5, 0.6) is 0 Å². The monoisotopic (exact) mass is 263 g/mol. The van der Waals surface area contributed by atoms with Gasteiger partial charge in [0.05, 0.1) is 0 Å². The average Bonchev–Trinajstić information content (AvgIpc) is 2.26. The number of allylic oxidation sites excluding steroid dienone is 2. The van der Waals surface area contributed by atoms with E-state index in [0.717, 1.165) is 4.90 Å². The molecule has 0 fully saturated rings. The van der Waals surface area contributed by atoms with Crippen LogP contribution in [-0.4, -0.2) is 26.7 Å². The van der Waals surface area contributed by atoms with Crippen molar-refractivity contribution in [1.29, 1.82) is 0 Å². The zero-order chi connectivity index (χ0) is 14.2. The number of imide groups is 1. The molecule has 19 heavy (non-hydrogen) atoms. The molecular weight excluding hydrogens is 250 g/mol. The van der Waals surface area contributed by atoms with Gasteiger partial charge in [0.1, 0.15) is 0 Å². The first-order valence-electron chi connectivity index (χ1n) is 5.74. The molecule has 1 aliphatic rings. The summed E-state index contributed by atoms with van der Waals surface area (Å²) < 4.78 is 0. The van der Waals surface area contributed by atoms with E-state index < -0.39 is 23.1 Å². The standard InChI is InChI=1S/C12H13N3O4/c1-6(16)15(7(2)17)8-3-4-9-10(5-8)13-12(19)14-11(9)18/h3H,4-5H2,1-2H3,(H2,13,14,18,19). The number of H-pyrrole nitrogens is 2. The summed E-state index contributed by atoms with van der Waals surface area (Å²) in [5.74, 6) is -0.788. The number of fused-ring (bicyclic) bond motifs is 1. The first kappa shape index (κ1) is 13.0. The summed E-state index contributed by atoms with van der Waals surface area (Å²) >= 11 is 0. The van der Waals surface area contributed by atoms with Crippen LogP contribution in [0.2, 0.25) is 0 Å². The number of hydrogen-bond donors (Lipinski definition) is 2. The summed E-state index contributed by atoms with van der Waals surface area (Å²) in [6, 6.07) is 0.